The van der Waals surface area contributed by atoms with Gasteiger partial charge in [-0.3, -0.25) is 14.9 Å². The lowest BCUT2D eigenvalue weighted by molar-refractivity contribution is -0.138. The van der Waals surface area contributed by atoms with Crippen LogP contribution in [0.5, 0.6) is 0 Å². The molecule has 2 aromatic heterocycles. The summed E-state index contributed by atoms with van der Waals surface area (Å²) in [5.41, 5.74) is 5.22. The van der Waals surface area contributed by atoms with Crippen molar-refractivity contribution in [2.24, 2.45) is 11.3 Å². The number of fused-ring (bicyclic) bond motifs is 3. The fourth-order valence-electron chi connectivity index (χ4n) is 9.50. The number of benzene rings is 3. The first-order valence-corrected chi connectivity index (χ1v) is 20.7. The number of piperidine rings is 1. The Morgan fingerprint density at radius 2 is 1.40 bits per heavy atom. The molecule has 3 saturated heterocycles. The molecular formula is C45H51N9O6. The van der Waals surface area contributed by atoms with Crippen molar-refractivity contribution in [3.05, 3.63) is 84.7 Å². The minimum atomic E-state index is -0.771. The first-order chi connectivity index (χ1) is 28.9. The Kier molecular flexibility index (Phi) is 9.88. The molecule has 60 heavy (non-hydrogen) atoms. The van der Waals surface area contributed by atoms with Crippen LogP contribution in [0, 0.1) is 11.3 Å². The third-order valence-electron chi connectivity index (χ3n) is 13.1. The topological polar surface area (TPSA) is 187 Å². The molecule has 4 amide bonds. The lowest BCUT2D eigenvalue weighted by Gasteiger charge is -2.34. The maximum Gasteiger partial charge on any atom is 0.407 e. The molecule has 2 unspecified atom stereocenters. The molecule has 2 bridgehead atoms. The summed E-state index contributed by atoms with van der Waals surface area (Å²) in [6.45, 7) is 6.82. The highest BCUT2D eigenvalue weighted by molar-refractivity contribution is 5.91. The van der Waals surface area contributed by atoms with Crippen molar-refractivity contribution in [3.8, 4) is 33.6 Å². The predicted molar refractivity (Wildman–Crippen MR) is 224 cm³/mol. The van der Waals surface area contributed by atoms with Crippen LogP contribution in [-0.2, 0) is 24.7 Å². The van der Waals surface area contributed by atoms with E-state index in [2.05, 4.69) is 86.6 Å². The van der Waals surface area contributed by atoms with Gasteiger partial charge in [-0.2, -0.15) is 0 Å². The van der Waals surface area contributed by atoms with Crippen LogP contribution >= 0.6 is 0 Å². The largest absolute Gasteiger partial charge is 0.453 e. The molecule has 1 saturated carbocycles. The van der Waals surface area contributed by atoms with Crippen molar-refractivity contribution in [1.29, 1.82) is 0 Å². The van der Waals surface area contributed by atoms with Crippen LogP contribution in [0.15, 0.2) is 73.1 Å². The Balaban J connectivity index is 0.895. The summed E-state index contributed by atoms with van der Waals surface area (Å²) in [6, 6.07) is 19.5. The fourth-order valence-corrected chi connectivity index (χ4v) is 9.50. The Hall–Kier alpha value is -6.22. The minimum Gasteiger partial charge on any atom is -0.453 e. The average Bonchev–Trinajstić information content (AvgIpc) is 3.86. The molecule has 312 valence electrons. The van der Waals surface area contributed by atoms with Crippen LogP contribution in [0.2, 0.25) is 0 Å². The number of imidazole rings is 2. The van der Waals surface area contributed by atoms with Crippen LogP contribution in [0.1, 0.15) is 70.6 Å². The number of rotatable bonds is 10. The van der Waals surface area contributed by atoms with E-state index in [1.54, 1.807) is 6.92 Å². The maximum absolute atomic E-state index is 13.9. The van der Waals surface area contributed by atoms with E-state index in [-0.39, 0.29) is 35.2 Å². The molecule has 15 heteroatoms. The zero-order valence-electron chi connectivity index (χ0n) is 34.5. The molecule has 15 nitrogen and oxygen atoms in total. The highest BCUT2D eigenvalue weighted by atomic mass is 16.5. The number of ether oxygens (including phenoxy) is 2. The average molecular weight is 814 g/mol. The van der Waals surface area contributed by atoms with E-state index in [0.717, 1.165) is 75.9 Å². The first kappa shape index (κ1) is 39.3. The summed E-state index contributed by atoms with van der Waals surface area (Å²) in [7, 11) is 2.58. The number of likely N-dealkylation sites (tertiary alicyclic amines) is 1. The van der Waals surface area contributed by atoms with Crippen LogP contribution in [0.4, 0.5) is 9.59 Å². The number of H-pyrrole nitrogens is 2. The molecule has 5 N–H and O–H groups in total. The Bertz CT molecular complexity index is 2460. The molecular weight excluding hydrogens is 763 g/mol. The van der Waals surface area contributed by atoms with Crippen LogP contribution in [-0.4, -0.2) is 99.2 Å². The number of carbonyl (C=O) groups excluding carboxylic acids is 4. The normalized spacial score (nSPS) is 22.3. The molecule has 4 fully saturated rings. The molecule has 1 aliphatic carbocycles. The minimum absolute atomic E-state index is 0.0155. The maximum atomic E-state index is 13.9. The lowest BCUT2D eigenvalue weighted by Crippen LogP contribution is -2.55. The zero-order valence-corrected chi connectivity index (χ0v) is 34.5. The van der Waals surface area contributed by atoms with Crippen molar-refractivity contribution >= 4 is 34.8 Å². The van der Waals surface area contributed by atoms with E-state index in [1.165, 1.54) is 14.2 Å². The summed E-state index contributed by atoms with van der Waals surface area (Å²) in [5, 5.41) is 11.1. The molecule has 3 aromatic carbocycles. The smallest absolute Gasteiger partial charge is 0.407 e. The molecule has 5 heterocycles. The predicted octanol–water partition coefficient (Wildman–Crippen LogP) is 6.21. The summed E-state index contributed by atoms with van der Waals surface area (Å²) in [5.74, 6) is 1.03. The van der Waals surface area contributed by atoms with Gasteiger partial charge in [0.1, 0.15) is 23.7 Å². The van der Waals surface area contributed by atoms with Gasteiger partial charge in [0.05, 0.1) is 44.0 Å². The number of aromatic nitrogens is 4. The SMILES string of the molecule is COC(=O)N[C@@H](C)C(=O)N1[C@@H]2CCC1(c1ncc(-c3ccc4cc(-c5ccc(-c6cnc(C7CC8(CC8)CN7C(=O)[C@@H](NC(=O)OC)C(C)C)[nH]6)cc5)ccc4c3)[nH]1)NC2. The quantitative estimate of drug-likeness (QED) is 0.109. The second-order valence-electron chi connectivity index (χ2n) is 17.2. The molecule has 4 aliphatic rings. The number of amides is 4. The van der Waals surface area contributed by atoms with Gasteiger partial charge in [0, 0.05) is 24.7 Å². The number of aromatic amines is 2. The van der Waals surface area contributed by atoms with Crippen molar-refractivity contribution in [2.45, 2.75) is 82.7 Å². The fraction of sp³-hybridized carbons (Fsp3) is 0.422. The summed E-state index contributed by atoms with van der Waals surface area (Å²) < 4.78 is 9.53. The van der Waals surface area contributed by atoms with Crippen molar-refractivity contribution in [3.63, 3.8) is 0 Å². The number of nitrogens with one attached hydrogen (secondary N) is 5. The number of carbonyl (C=O) groups is 4. The van der Waals surface area contributed by atoms with E-state index in [9.17, 15) is 19.2 Å². The zero-order chi connectivity index (χ0) is 41.9. The van der Waals surface area contributed by atoms with Crippen molar-refractivity contribution in [1.82, 2.24) is 45.7 Å². The monoisotopic (exact) mass is 813 g/mol. The van der Waals surface area contributed by atoms with Crippen molar-refractivity contribution in [2.75, 3.05) is 27.3 Å². The third kappa shape index (κ3) is 6.93. The molecule has 9 rings (SSSR count). The van der Waals surface area contributed by atoms with Gasteiger partial charge in [0.2, 0.25) is 11.8 Å². The molecule has 5 aromatic rings. The van der Waals surface area contributed by atoms with Gasteiger partial charge in [-0.1, -0.05) is 62.4 Å². The van der Waals surface area contributed by atoms with Gasteiger partial charge in [-0.25, -0.2) is 19.6 Å². The van der Waals surface area contributed by atoms with E-state index in [1.807, 2.05) is 36.0 Å². The van der Waals surface area contributed by atoms with Crippen LogP contribution < -0.4 is 16.0 Å². The molecule has 1 spiro atoms. The molecule has 0 radical (unpaired) electrons. The number of methoxy groups -OCH3 is 2. The van der Waals surface area contributed by atoms with Gasteiger partial charge >= 0.3 is 12.2 Å². The van der Waals surface area contributed by atoms with Gasteiger partial charge in [0.15, 0.2) is 5.66 Å². The third-order valence-corrected chi connectivity index (χ3v) is 13.1. The molecule has 3 aliphatic heterocycles. The van der Waals surface area contributed by atoms with Crippen LogP contribution in [0.3, 0.4) is 0 Å². The van der Waals surface area contributed by atoms with Gasteiger partial charge < -0.3 is 39.9 Å². The summed E-state index contributed by atoms with van der Waals surface area (Å²) in [4.78, 5) is 71.7. The van der Waals surface area contributed by atoms with Gasteiger partial charge in [-0.05, 0) is 90.0 Å². The molecule has 5 atom stereocenters. The standard InChI is InChI=1S/C45H51N9O6/c1-25(2)37(52-43(58)60-5)40(56)53-24-44(16-17-44)20-36(53)38-46-22-34(50-38)28-8-6-27(7-9-28)29-10-11-31-19-32(13-12-30(31)18-29)35-23-47-41(51-35)45-15-14-33(21-48-45)54(45)39(55)26(3)49-42(57)59-4/h6-13,18-19,22-23,25-26,33,36-37,48H,14-17,20-21,24H2,1-5H3,(H,46,50)(H,47,51)(H,49,57)(H,52,58)/t26-,33+,36?,37-,45?/m0/s1. The number of hydrogen-bond acceptors (Lipinski definition) is 9. The Morgan fingerprint density at radius 1 is 0.767 bits per heavy atom. The second kappa shape index (κ2) is 15.1. The highest BCUT2D eigenvalue weighted by Gasteiger charge is 2.58. The van der Waals surface area contributed by atoms with Crippen molar-refractivity contribution < 1.29 is 28.7 Å². The second-order valence-corrected chi connectivity index (χ2v) is 17.2. The van der Waals surface area contributed by atoms with Gasteiger partial charge in [-0.15, -0.1) is 0 Å². The van der Waals surface area contributed by atoms with E-state index in [0.29, 0.717) is 25.3 Å². The summed E-state index contributed by atoms with van der Waals surface area (Å²) >= 11 is 0. The van der Waals surface area contributed by atoms with E-state index < -0.39 is 29.9 Å². The number of alkyl carbamates (subject to hydrolysis) is 2. The van der Waals surface area contributed by atoms with E-state index >= 15 is 0 Å². The Morgan fingerprint density at radius 3 is 2.07 bits per heavy atom. The lowest BCUT2D eigenvalue weighted by atomic mass is 9.98. The number of hydrogen-bond donors (Lipinski definition) is 5. The van der Waals surface area contributed by atoms with Gasteiger partial charge in [0.25, 0.3) is 0 Å². The first-order valence-electron chi connectivity index (χ1n) is 20.7. The Labute approximate surface area is 348 Å². The summed E-state index contributed by atoms with van der Waals surface area (Å²) in [6.07, 6.45) is 6.97. The highest BCUT2D eigenvalue weighted by Crippen LogP contribution is 2.58. The number of nitrogens with zero attached hydrogens (tertiary/aromatic N) is 4. The van der Waals surface area contributed by atoms with Crippen LogP contribution in [0.25, 0.3) is 44.4 Å². The van der Waals surface area contributed by atoms with E-state index in [4.69, 9.17) is 19.4 Å².